The van der Waals surface area contributed by atoms with Gasteiger partial charge < -0.3 is 14.8 Å². The van der Waals surface area contributed by atoms with Crippen molar-refractivity contribution >= 4 is 34.8 Å². The van der Waals surface area contributed by atoms with Crippen LogP contribution in [0.15, 0.2) is 48.9 Å². The average molecular weight is 435 g/mol. The molecule has 0 amide bonds. The third-order valence-electron chi connectivity index (χ3n) is 4.95. The second kappa shape index (κ2) is 10.7. The SMILES string of the molecule is Cl.Clc1nccc2ccccc12.c1cnc(C2CCOCC2)c(OC2CNC2)n1. The molecule has 29 heavy (non-hydrogen) atoms. The van der Waals surface area contributed by atoms with Crippen LogP contribution in [0.1, 0.15) is 24.5 Å². The summed E-state index contributed by atoms with van der Waals surface area (Å²) in [6.07, 6.45) is 7.44. The molecule has 0 aliphatic carbocycles. The number of hydrogen-bond acceptors (Lipinski definition) is 6. The number of pyridine rings is 1. The van der Waals surface area contributed by atoms with Crippen molar-refractivity contribution < 1.29 is 9.47 Å². The molecular weight excluding hydrogens is 411 g/mol. The standard InChI is InChI=1S/C12H17N3O2.C9H6ClN.ClH/c1-5-16-6-2-9(1)11-12(15-4-3-14-11)17-10-7-13-8-10;10-9-8-4-2-1-3-7(8)5-6-11-9;/h3-4,9-10,13H,1-2,5-8H2;1-6H;1H. The molecule has 1 N–H and O–H groups in total. The van der Waals surface area contributed by atoms with Gasteiger partial charge in [0.15, 0.2) is 0 Å². The molecule has 2 aromatic heterocycles. The van der Waals surface area contributed by atoms with Crippen LogP contribution in [-0.4, -0.2) is 47.4 Å². The van der Waals surface area contributed by atoms with Crippen LogP contribution in [0.2, 0.25) is 5.15 Å². The fourth-order valence-corrected chi connectivity index (χ4v) is 3.49. The van der Waals surface area contributed by atoms with Gasteiger partial charge in [-0.3, -0.25) is 4.98 Å². The Morgan fingerprint density at radius 3 is 2.45 bits per heavy atom. The molecule has 0 spiro atoms. The van der Waals surface area contributed by atoms with Gasteiger partial charge in [0, 0.05) is 56.2 Å². The van der Waals surface area contributed by atoms with E-state index in [9.17, 15) is 0 Å². The maximum atomic E-state index is 5.86. The lowest BCUT2D eigenvalue weighted by atomic mass is 9.96. The van der Waals surface area contributed by atoms with E-state index in [0.717, 1.165) is 55.6 Å². The van der Waals surface area contributed by atoms with Crippen LogP contribution in [-0.2, 0) is 4.74 Å². The Balaban J connectivity index is 0.000000174. The Morgan fingerprint density at radius 1 is 0.966 bits per heavy atom. The van der Waals surface area contributed by atoms with E-state index >= 15 is 0 Å². The Bertz CT molecular complexity index is 913. The topological polar surface area (TPSA) is 69.2 Å². The lowest BCUT2D eigenvalue weighted by molar-refractivity contribution is 0.0814. The Labute approximate surface area is 181 Å². The Hall–Kier alpha value is -1.99. The number of ether oxygens (including phenoxy) is 2. The molecule has 0 radical (unpaired) electrons. The summed E-state index contributed by atoms with van der Waals surface area (Å²) in [4.78, 5) is 12.7. The third kappa shape index (κ3) is 5.54. The van der Waals surface area contributed by atoms with E-state index in [0.29, 0.717) is 17.0 Å². The maximum absolute atomic E-state index is 5.86. The van der Waals surface area contributed by atoms with Gasteiger partial charge in [-0.2, -0.15) is 0 Å². The molecule has 2 aliphatic rings. The highest BCUT2D eigenvalue weighted by Gasteiger charge is 2.25. The third-order valence-corrected chi connectivity index (χ3v) is 5.25. The number of fused-ring (bicyclic) bond motifs is 1. The molecule has 2 saturated heterocycles. The largest absolute Gasteiger partial charge is 0.470 e. The number of nitrogens with zero attached hydrogens (tertiary/aromatic N) is 3. The summed E-state index contributed by atoms with van der Waals surface area (Å²) < 4.78 is 11.2. The normalized spacial score (nSPS) is 16.9. The highest BCUT2D eigenvalue weighted by Crippen LogP contribution is 2.31. The molecule has 3 aromatic rings. The van der Waals surface area contributed by atoms with Gasteiger partial charge in [0.05, 0.1) is 0 Å². The molecule has 0 unspecified atom stereocenters. The van der Waals surface area contributed by atoms with Crippen molar-refractivity contribution in [1.82, 2.24) is 20.3 Å². The lowest BCUT2D eigenvalue weighted by Crippen LogP contribution is -2.50. The van der Waals surface area contributed by atoms with Crippen LogP contribution in [0.25, 0.3) is 10.8 Å². The number of aromatic nitrogens is 3. The van der Waals surface area contributed by atoms with E-state index in [1.54, 1.807) is 18.6 Å². The van der Waals surface area contributed by atoms with Gasteiger partial charge in [-0.25, -0.2) is 9.97 Å². The number of rotatable bonds is 3. The summed E-state index contributed by atoms with van der Waals surface area (Å²) in [6, 6.07) is 9.86. The fraction of sp³-hybridized carbons (Fsp3) is 0.381. The van der Waals surface area contributed by atoms with Gasteiger partial charge in [-0.15, -0.1) is 12.4 Å². The molecule has 2 fully saturated rings. The lowest BCUT2D eigenvalue weighted by Gasteiger charge is -2.29. The van der Waals surface area contributed by atoms with Crippen molar-refractivity contribution in [2.24, 2.45) is 0 Å². The zero-order valence-electron chi connectivity index (χ0n) is 16.0. The first kappa shape index (κ1) is 21.7. The van der Waals surface area contributed by atoms with Crippen molar-refractivity contribution in [3.8, 4) is 5.88 Å². The molecule has 8 heteroatoms. The van der Waals surface area contributed by atoms with Gasteiger partial charge in [0.25, 0.3) is 0 Å². The molecule has 0 bridgehead atoms. The summed E-state index contributed by atoms with van der Waals surface area (Å²) in [5.74, 6) is 1.14. The van der Waals surface area contributed by atoms with Crippen LogP contribution in [0.4, 0.5) is 0 Å². The van der Waals surface area contributed by atoms with E-state index < -0.39 is 0 Å². The molecule has 6 nitrogen and oxygen atoms in total. The minimum absolute atomic E-state index is 0. The number of nitrogens with one attached hydrogen (secondary N) is 1. The summed E-state index contributed by atoms with van der Waals surface area (Å²) in [6.45, 7) is 3.44. The quantitative estimate of drug-likeness (QED) is 0.627. The van der Waals surface area contributed by atoms with E-state index in [2.05, 4.69) is 20.3 Å². The second-order valence-corrected chi connectivity index (χ2v) is 7.21. The van der Waals surface area contributed by atoms with E-state index in [1.165, 1.54) is 0 Å². The summed E-state index contributed by atoms with van der Waals surface area (Å²) in [7, 11) is 0. The molecule has 0 saturated carbocycles. The van der Waals surface area contributed by atoms with Gasteiger partial charge in [0.1, 0.15) is 17.0 Å². The molecule has 154 valence electrons. The number of hydrogen-bond donors (Lipinski definition) is 1. The first-order valence-electron chi connectivity index (χ1n) is 9.56. The maximum Gasteiger partial charge on any atom is 0.236 e. The van der Waals surface area contributed by atoms with E-state index in [4.69, 9.17) is 21.1 Å². The fourth-order valence-electron chi connectivity index (χ4n) is 3.26. The van der Waals surface area contributed by atoms with Gasteiger partial charge in [0.2, 0.25) is 5.88 Å². The highest BCUT2D eigenvalue weighted by molar-refractivity contribution is 6.34. The average Bonchev–Trinajstić information content (AvgIpc) is 2.73. The minimum atomic E-state index is 0. The summed E-state index contributed by atoms with van der Waals surface area (Å²) >= 11 is 5.85. The zero-order valence-corrected chi connectivity index (χ0v) is 17.5. The van der Waals surface area contributed by atoms with E-state index in [-0.39, 0.29) is 18.5 Å². The van der Waals surface area contributed by atoms with Gasteiger partial charge in [-0.1, -0.05) is 35.9 Å². The molecule has 5 rings (SSSR count). The summed E-state index contributed by atoms with van der Waals surface area (Å²) in [5, 5.41) is 5.90. The molecule has 0 atom stereocenters. The zero-order chi connectivity index (χ0) is 19.2. The second-order valence-electron chi connectivity index (χ2n) is 6.85. The predicted octanol–water partition coefficient (Wildman–Crippen LogP) is 4.03. The van der Waals surface area contributed by atoms with Crippen LogP contribution in [0.5, 0.6) is 5.88 Å². The van der Waals surface area contributed by atoms with Crippen LogP contribution >= 0.6 is 24.0 Å². The first-order chi connectivity index (χ1) is 13.8. The van der Waals surface area contributed by atoms with Crippen molar-refractivity contribution in [3.05, 3.63) is 59.8 Å². The summed E-state index contributed by atoms with van der Waals surface area (Å²) in [5.41, 5.74) is 1.00. The van der Waals surface area contributed by atoms with Crippen molar-refractivity contribution in [2.45, 2.75) is 24.9 Å². The van der Waals surface area contributed by atoms with Crippen LogP contribution in [0.3, 0.4) is 0 Å². The molecule has 4 heterocycles. The number of halogens is 2. The van der Waals surface area contributed by atoms with Crippen molar-refractivity contribution in [3.63, 3.8) is 0 Å². The molecule has 2 aliphatic heterocycles. The van der Waals surface area contributed by atoms with Crippen molar-refractivity contribution in [1.29, 1.82) is 0 Å². The monoisotopic (exact) mass is 434 g/mol. The Morgan fingerprint density at radius 2 is 1.72 bits per heavy atom. The van der Waals surface area contributed by atoms with Crippen molar-refractivity contribution in [2.75, 3.05) is 26.3 Å². The van der Waals surface area contributed by atoms with Crippen LogP contribution < -0.4 is 10.1 Å². The Kier molecular flexibility index (Phi) is 8.00. The van der Waals surface area contributed by atoms with Gasteiger partial charge >= 0.3 is 0 Å². The van der Waals surface area contributed by atoms with Crippen LogP contribution in [0, 0.1) is 0 Å². The smallest absolute Gasteiger partial charge is 0.236 e. The minimum Gasteiger partial charge on any atom is -0.470 e. The first-order valence-corrected chi connectivity index (χ1v) is 9.94. The molecular formula is C21H24Cl2N4O2. The van der Waals surface area contributed by atoms with E-state index in [1.807, 2.05) is 30.3 Å². The number of benzene rings is 1. The van der Waals surface area contributed by atoms with Gasteiger partial charge in [-0.05, 0) is 24.3 Å². The highest BCUT2D eigenvalue weighted by atomic mass is 35.5. The molecule has 1 aromatic carbocycles. The predicted molar refractivity (Wildman–Crippen MR) is 116 cm³/mol.